The summed E-state index contributed by atoms with van der Waals surface area (Å²) in [6.07, 6.45) is 3.72. The summed E-state index contributed by atoms with van der Waals surface area (Å²) >= 11 is 3.30. The van der Waals surface area contributed by atoms with Gasteiger partial charge >= 0.3 is 0 Å². The molecular formula is C10H16BrN3O2. The predicted molar refractivity (Wildman–Crippen MR) is 65.9 cm³/mol. The fourth-order valence-corrected chi connectivity index (χ4v) is 1.50. The molecule has 0 unspecified atom stereocenters. The highest BCUT2D eigenvalue weighted by molar-refractivity contribution is 9.10. The Kier molecular flexibility index (Phi) is 6.10. The fraction of sp³-hybridized carbons (Fsp3) is 0.600. The molecular weight excluding hydrogens is 274 g/mol. The smallest absolute Gasteiger partial charge is 0.232 e. The summed E-state index contributed by atoms with van der Waals surface area (Å²) in [6, 6.07) is 0. The van der Waals surface area contributed by atoms with E-state index in [0.29, 0.717) is 11.8 Å². The van der Waals surface area contributed by atoms with Gasteiger partial charge < -0.3 is 14.8 Å². The molecule has 0 radical (unpaired) electrons. The van der Waals surface area contributed by atoms with Gasteiger partial charge in [-0.2, -0.15) is 4.98 Å². The molecule has 1 heterocycles. The molecule has 6 heteroatoms. The van der Waals surface area contributed by atoms with E-state index in [1.165, 1.54) is 0 Å². The number of nitrogens with zero attached hydrogens (tertiary/aromatic N) is 2. The number of unbranched alkanes of at least 4 members (excludes halogenated alkanes) is 1. The third-order valence-electron chi connectivity index (χ3n) is 1.96. The van der Waals surface area contributed by atoms with E-state index in [2.05, 4.69) is 31.2 Å². The number of anilines is 1. The lowest BCUT2D eigenvalue weighted by Gasteiger charge is -2.06. The molecule has 0 aliphatic rings. The Bertz CT molecular complexity index is 323. The molecule has 0 aromatic carbocycles. The Morgan fingerprint density at radius 3 is 2.88 bits per heavy atom. The second-order valence-corrected chi connectivity index (χ2v) is 4.03. The first-order valence-electron chi connectivity index (χ1n) is 5.07. The third kappa shape index (κ3) is 4.32. The van der Waals surface area contributed by atoms with Gasteiger partial charge in [0.25, 0.3) is 0 Å². The fourth-order valence-electron chi connectivity index (χ4n) is 1.15. The van der Waals surface area contributed by atoms with Gasteiger partial charge in [-0.1, -0.05) is 0 Å². The maximum atomic E-state index is 5.07. The minimum atomic E-state index is 0.536. The standard InChI is InChI=1S/C10H16BrN3O2/c1-15-6-4-3-5-12-10-13-7-8(11)9(14-10)16-2/h7H,3-6H2,1-2H3,(H,12,13,14). The Labute approximate surface area is 104 Å². The quantitative estimate of drug-likeness (QED) is 0.779. The van der Waals surface area contributed by atoms with Crippen molar-refractivity contribution < 1.29 is 9.47 Å². The van der Waals surface area contributed by atoms with Crippen LogP contribution in [0.15, 0.2) is 10.7 Å². The van der Waals surface area contributed by atoms with Crippen LogP contribution in [-0.2, 0) is 4.74 Å². The van der Waals surface area contributed by atoms with Crippen LogP contribution in [0.2, 0.25) is 0 Å². The second kappa shape index (κ2) is 7.40. The maximum absolute atomic E-state index is 5.07. The van der Waals surface area contributed by atoms with E-state index in [1.807, 2.05) is 0 Å². The van der Waals surface area contributed by atoms with Crippen LogP contribution in [0.3, 0.4) is 0 Å². The van der Waals surface area contributed by atoms with E-state index >= 15 is 0 Å². The van der Waals surface area contributed by atoms with Crippen LogP contribution in [0.25, 0.3) is 0 Å². The Morgan fingerprint density at radius 2 is 2.19 bits per heavy atom. The molecule has 0 spiro atoms. The maximum Gasteiger partial charge on any atom is 0.232 e. The van der Waals surface area contributed by atoms with E-state index < -0.39 is 0 Å². The molecule has 0 atom stereocenters. The number of aromatic nitrogens is 2. The van der Waals surface area contributed by atoms with Crippen molar-refractivity contribution in [1.82, 2.24) is 9.97 Å². The largest absolute Gasteiger partial charge is 0.480 e. The zero-order valence-corrected chi connectivity index (χ0v) is 11.1. The molecule has 0 saturated carbocycles. The summed E-state index contributed by atoms with van der Waals surface area (Å²) in [5.74, 6) is 1.12. The molecule has 0 aliphatic carbocycles. The van der Waals surface area contributed by atoms with Crippen molar-refractivity contribution in [2.45, 2.75) is 12.8 Å². The van der Waals surface area contributed by atoms with Gasteiger partial charge in [0.1, 0.15) is 0 Å². The summed E-state index contributed by atoms with van der Waals surface area (Å²) in [4.78, 5) is 8.31. The highest BCUT2D eigenvalue weighted by atomic mass is 79.9. The molecule has 0 amide bonds. The van der Waals surface area contributed by atoms with Gasteiger partial charge in [0.2, 0.25) is 11.8 Å². The van der Waals surface area contributed by atoms with Crippen molar-refractivity contribution >= 4 is 21.9 Å². The van der Waals surface area contributed by atoms with Crippen molar-refractivity contribution in [2.24, 2.45) is 0 Å². The molecule has 0 bridgehead atoms. The molecule has 16 heavy (non-hydrogen) atoms. The molecule has 1 aromatic heterocycles. The molecule has 1 N–H and O–H groups in total. The third-order valence-corrected chi connectivity index (χ3v) is 2.51. The lowest BCUT2D eigenvalue weighted by Crippen LogP contribution is -2.07. The van der Waals surface area contributed by atoms with Crippen LogP contribution in [0.4, 0.5) is 5.95 Å². The zero-order chi connectivity index (χ0) is 11.8. The number of hydrogen-bond donors (Lipinski definition) is 1. The van der Waals surface area contributed by atoms with Gasteiger partial charge in [-0.25, -0.2) is 4.98 Å². The van der Waals surface area contributed by atoms with Crippen LogP contribution in [0.1, 0.15) is 12.8 Å². The van der Waals surface area contributed by atoms with Gasteiger partial charge in [-0.05, 0) is 28.8 Å². The number of ether oxygens (including phenoxy) is 2. The normalized spacial score (nSPS) is 10.2. The number of nitrogens with one attached hydrogen (secondary N) is 1. The Balaban J connectivity index is 2.36. The Hall–Kier alpha value is -0.880. The van der Waals surface area contributed by atoms with Crippen molar-refractivity contribution in [1.29, 1.82) is 0 Å². The highest BCUT2D eigenvalue weighted by Crippen LogP contribution is 2.21. The monoisotopic (exact) mass is 289 g/mol. The van der Waals surface area contributed by atoms with Crippen LogP contribution in [-0.4, -0.2) is 37.3 Å². The number of hydrogen-bond acceptors (Lipinski definition) is 5. The van der Waals surface area contributed by atoms with Crippen molar-refractivity contribution in [2.75, 3.05) is 32.7 Å². The summed E-state index contributed by atoms with van der Waals surface area (Å²) in [5, 5.41) is 3.13. The first-order chi connectivity index (χ1) is 7.77. The molecule has 0 aliphatic heterocycles. The van der Waals surface area contributed by atoms with Crippen molar-refractivity contribution in [3.63, 3.8) is 0 Å². The van der Waals surface area contributed by atoms with Crippen molar-refractivity contribution in [3.05, 3.63) is 10.7 Å². The molecule has 0 fully saturated rings. The lowest BCUT2D eigenvalue weighted by molar-refractivity contribution is 0.193. The average Bonchev–Trinajstić information content (AvgIpc) is 2.31. The van der Waals surface area contributed by atoms with E-state index in [1.54, 1.807) is 20.4 Å². The van der Waals surface area contributed by atoms with E-state index in [0.717, 1.165) is 30.5 Å². The van der Waals surface area contributed by atoms with Gasteiger partial charge in [0, 0.05) is 20.3 Å². The summed E-state index contributed by atoms with van der Waals surface area (Å²) < 4.78 is 10.8. The van der Waals surface area contributed by atoms with E-state index in [4.69, 9.17) is 9.47 Å². The topological polar surface area (TPSA) is 56.3 Å². The molecule has 5 nitrogen and oxygen atoms in total. The Morgan fingerprint density at radius 1 is 1.38 bits per heavy atom. The number of rotatable bonds is 7. The highest BCUT2D eigenvalue weighted by Gasteiger charge is 2.03. The summed E-state index contributed by atoms with van der Waals surface area (Å²) in [7, 11) is 3.28. The van der Waals surface area contributed by atoms with Crippen LogP contribution >= 0.6 is 15.9 Å². The molecule has 90 valence electrons. The number of methoxy groups -OCH3 is 2. The minimum absolute atomic E-state index is 0.536. The SMILES string of the molecule is COCCCCNc1ncc(Br)c(OC)n1. The first-order valence-corrected chi connectivity index (χ1v) is 5.86. The van der Waals surface area contributed by atoms with Crippen LogP contribution in [0.5, 0.6) is 5.88 Å². The van der Waals surface area contributed by atoms with E-state index in [9.17, 15) is 0 Å². The lowest BCUT2D eigenvalue weighted by atomic mass is 10.3. The van der Waals surface area contributed by atoms with Crippen LogP contribution < -0.4 is 10.1 Å². The first kappa shape index (κ1) is 13.2. The van der Waals surface area contributed by atoms with Gasteiger partial charge in [-0.15, -0.1) is 0 Å². The summed E-state index contributed by atoms with van der Waals surface area (Å²) in [5.41, 5.74) is 0. The zero-order valence-electron chi connectivity index (χ0n) is 9.49. The average molecular weight is 290 g/mol. The molecule has 0 saturated heterocycles. The summed E-state index contributed by atoms with van der Waals surface area (Å²) in [6.45, 7) is 1.61. The van der Waals surface area contributed by atoms with Crippen LogP contribution in [0, 0.1) is 0 Å². The van der Waals surface area contributed by atoms with E-state index in [-0.39, 0.29) is 0 Å². The number of halogens is 1. The van der Waals surface area contributed by atoms with Crippen molar-refractivity contribution in [3.8, 4) is 5.88 Å². The minimum Gasteiger partial charge on any atom is -0.480 e. The van der Waals surface area contributed by atoms with Gasteiger partial charge in [0.05, 0.1) is 17.8 Å². The molecule has 1 aromatic rings. The second-order valence-electron chi connectivity index (χ2n) is 3.18. The molecule has 1 rings (SSSR count). The van der Waals surface area contributed by atoms with Gasteiger partial charge in [0.15, 0.2) is 0 Å². The predicted octanol–water partition coefficient (Wildman–Crippen LogP) is 2.09. The van der Waals surface area contributed by atoms with Gasteiger partial charge in [-0.3, -0.25) is 0 Å².